The molecule has 4 rings (SSSR count). The quantitative estimate of drug-likeness (QED) is 0.160. The number of hydrogen-bond acceptors (Lipinski definition) is 5. The van der Waals surface area contributed by atoms with Crippen LogP contribution in [0.4, 0.5) is 32.0 Å². The number of phenols is 1. The molecule has 0 saturated carbocycles. The van der Waals surface area contributed by atoms with Crippen LogP contribution in [0, 0.1) is 17.8 Å². The molecule has 12 heteroatoms. The fraction of sp³-hybridized carbons (Fsp3) is 0.438. The van der Waals surface area contributed by atoms with Crippen LogP contribution >= 0.6 is 0 Å². The molecule has 0 unspecified atom stereocenters. The van der Waals surface area contributed by atoms with E-state index >= 15 is 0 Å². The summed E-state index contributed by atoms with van der Waals surface area (Å²) < 4.78 is 81.1. The number of alkyl halides is 6. The molecule has 1 aliphatic carbocycles. The summed E-state index contributed by atoms with van der Waals surface area (Å²) in [5.41, 5.74) is -1.72. The zero-order chi connectivity index (χ0) is 32.6. The van der Waals surface area contributed by atoms with Crippen molar-refractivity contribution in [1.82, 2.24) is 0 Å². The van der Waals surface area contributed by atoms with Crippen molar-refractivity contribution < 1.29 is 51.3 Å². The number of allylic oxidation sites excluding steroid dienone is 2. The highest BCUT2D eigenvalue weighted by Gasteiger charge is 2.55. The first-order valence-corrected chi connectivity index (χ1v) is 14.3. The number of aliphatic hydroxyl groups is 2. The first kappa shape index (κ1) is 33.3. The Morgan fingerprint density at radius 1 is 1.00 bits per heavy atom. The molecule has 1 fully saturated rings. The van der Waals surface area contributed by atoms with Gasteiger partial charge in [0, 0.05) is 11.5 Å². The number of hydrogen-bond donors (Lipinski definition) is 3. The SMILES string of the molecule is CCC1=C([C@H](O)CC/C(=C/c2ccccc2O)CC)[C@H](CO)[C@@H]2C(=O)N(c3cc(C(F)(F)F)cc(C(F)(F)F)c3)C(=O)[C@@H]2C1. The predicted molar refractivity (Wildman–Crippen MR) is 150 cm³/mol. The van der Waals surface area contributed by atoms with E-state index in [1.165, 1.54) is 0 Å². The van der Waals surface area contributed by atoms with Gasteiger partial charge in [0.2, 0.25) is 11.8 Å². The number of aliphatic hydroxyl groups excluding tert-OH is 2. The Bertz CT molecular complexity index is 1450. The van der Waals surface area contributed by atoms with Crippen molar-refractivity contribution in [2.24, 2.45) is 17.8 Å². The molecule has 0 aromatic heterocycles. The molecule has 2 amide bonds. The molecular formula is C32H33F6NO5. The molecule has 6 nitrogen and oxygen atoms in total. The van der Waals surface area contributed by atoms with Crippen molar-refractivity contribution in [3.05, 3.63) is 75.9 Å². The van der Waals surface area contributed by atoms with Gasteiger partial charge in [0.1, 0.15) is 5.75 Å². The van der Waals surface area contributed by atoms with Gasteiger partial charge in [-0.25, -0.2) is 4.90 Å². The minimum atomic E-state index is -5.18. The summed E-state index contributed by atoms with van der Waals surface area (Å²) in [6.45, 7) is 2.99. The molecule has 2 aliphatic rings. The van der Waals surface area contributed by atoms with E-state index in [2.05, 4.69) is 0 Å². The molecule has 0 bridgehead atoms. The summed E-state index contributed by atoms with van der Waals surface area (Å²) in [5, 5.41) is 31.9. The largest absolute Gasteiger partial charge is 0.507 e. The smallest absolute Gasteiger partial charge is 0.416 e. The van der Waals surface area contributed by atoms with Crippen molar-refractivity contribution in [1.29, 1.82) is 0 Å². The Morgan fingerprint density at radius 2 is 1.61 bits per heavy atom. The molecule has 3 N–H and O–H groups in total. The van der Waals surface area contributed by atoms with Gasteiger partial charge in [0.05, 0.1) is 41.4 Å². The van der Waals surface area contributed by atoms with E-state index in [9.17, 15) is 51.3 Å². The number of halogens is 6. The van der Waals surface area contributed by atoms with Crippen molar-refractivity contribution >= 4 is 23.6 Å². The highest BCUT2D eigenvalue weighted by Crippen LogP contribution is 2.49. The lowest BCUT2D eigenvalue weighted by molar-refractivity contribution is -0.143. The van der Waals surface area contributed by atoms with Crippen molar-refractivity contribution in [3.8, 4) is 5.75 Å². The monoisotopic (exact) mass is 625 g/mol. The molecule has 4 atom stereocenters. The van der Waals surface area contributed by atoms with Crippen LogP contribution in [-0.4, -0.2) is 39.8 Å². The molecule has 2 aromatic rings. The number of nitrogens with zero attached hydrogens (tertiary/aromatic N) is 1. The number of imide groups is 1. The number of carbonyl (C=O) groups is 2. The van der Waals surface area contributed by atoms with E-state index in [-0.39, 0.29) is 24.7 Å². The van der Waals surface area contributed by atoms with Crippen LogP contribution in [0.15, 0.2) is 59.2 Å². The van der Waals surface area contributed by atoms with Gasteiger partial charge in [0.25, 0.3) is 0 Å². The molecule has 44 heavy (non-hydrogen) atoms. The van der Waals surface area contributed by atoms with Gasteiger partial charge in [-0.2, -0.15) is 26.3 Å². The average molecular weight is 626 g/mol. The van der Waals surface area contributed by atoms with E-state index in [0.29, 0.717) is 53.0 Å². The summed E-state index contributed by atoms with van der Waals surface area (Å²) in [6.07, 6.45) is -8.23. The summed E-state index contributed by atoms with van der Waals surface area (Å²) >= 11 is 0. The zero-order valence-corrected chi connectivity index (χ0v) is 24.0. The Labute approximate surface area is 250 Å². The van der Waals surface area contributed by atoms with Crippen molar-refractivity contribution in [3.63, 3.8) is 0 Å². The Hall–Kier alpha value is -3.64. The second kappa shape index (κ2) is 12.8. The van der Waals surface area contributed by atoms with E-state index < -0.39 is 71.4 Å². The van der Waals surface area contributed by atoms with Crippen LogP contribution in [0.2, 0.25) is 0 Å². The van der Waals surface area contributed by atoms with Crippen LogP contribution in [0.5, 0.6) is 5.75 Å². The number of aromatic hydroxyl groups is 1. The second-order valence-electron chi connectivity index (χ2n) is 11.1. The number of phenolic OH excluding ortho intramolecular Hbond substituents is 1. The highest BCUT2D eigenvalue weighted by molar-refractivity contribution is 6.22. The summed E-state index contributed by atoms with van der Waals surface area (Å²) in [7, 11) is 0. The molecular weight excluding hydrogens is 592 g/mol. The number of benzene rings is 2. The van der Waals surface area contributed by atoms with E-state index in [1.54, 1.807) is 37.3 Å². The maximum atomic E-state index is 13.6. The first-order valence-electron chi connectivity index (χ1n) is 14.3. The number of para-hydroxylation sites is 1. The first-order chi connectivity index (χ1) is 20.6. The second-order valence-corrected chi connectivity index (χ2v) is 11.1. The zero-order valence-electron chi connectivity index (χ0n) is 24.0. The molecule has 1 heterocycles. The van der Waals surface area contributed by atoms with Crippen LogP contribution in [0.3, 0.4) is 0 Å². The molecule has 0 spiro atoms. The van der Waals surface area contributed by atoms with Crippen molar-refractivity contribution in [2.45, 2.75) is 64.4 Å². The fourth-order valence-corrected chi connectivity index (χ4v) is 6.28. The van der Waals surface area contributed by atoms with Gasteiger partial charge < -0.3 is 15.3 Å². The molecule has 2 aromatic carbocycles. The Kier molecular flexibility index (Phi) is 9.65. The maximum Gasteiger partial charge on any atom is 0.416 e. The van der Waals surface area contributed by atoms with Gasteiger partial charge in [0.15, 0.2) is 0 Å². The number of rotatable bonds is 9. The number of amides is 2. The normalized spacial score (nSPS) is 22.1. The summed E-state index contributed by atoms with van der Waals surface area (Å²) in [5.74, 6) is -5.37. The molecule has 0 radical (unpaired) electrons. The third kappa shape index (κ3) is 6.56. The molecule has 238 valence electrons. The molecule has 1 aliphatic heterocycles. The lowest BCUT2D eigenvalue weighted by Crippen LogP contribution is -2.39. The van der Waals surface area contributed by atoms with Gasteiger partial charge in [-0.15, -0.1) is 0 Å². The minimum absolute atomic E-state index is 0.0371. The number of carbonyl (C=O) groups excluding carboxylic acids is 2. The minimum Gasteiger partial charge on any atom is -0.507 e. The lowest BCUT2D eigenvalue weighted by atomic mass is 9.67. The third-order valence-corrected chi connectivity index (χ3v) is 8.49. The van der Waals surface area contributed by atoms with E-state index in [0.717, 1.165) is 5.57 Å². The Morgan fingerprint density at radius 3 is 2.14 bits per heavy atom. The van der Waals surface area contributed by atoms with Gasteiger partial charge in [-0.1, -0.05) is 49.3 Å². The van der Waals surface area contributed by atoms with Crippen molar-refractivity contribution in [2.75, 3.05) is 11.5 Å². The van der Waals surface area contributed by atoms with E-state index in [4.69, 9.17) is 0 Å². The van der Waals surface area contributed by atoms with Crippen LogP contribution in [0.25, 0.3) is 6.08 Å². The Balaban J connectivity index is 1.66. The molecule has 1 saturated heterocycles. The van der Waals surface area contributed by atoms with Crippen LogP contribution < -0.4 is 4.90 Å². The van der Waals surface area contributed by atoms with E-state index in [1.807, 2.05) is 6.92 Å². The predicted octanol–water partition coefficient (Wildman–Crippen LogP) is 6.89. The number of fused-ring (bicyclic) bond motifs is 1. The highest BCUT2D eigenvalue weighted by atomic mass is 19.4. The van der Waals surface area contributed by atoms with Crippen LogP contribution in [-0.2, 0) is 21.9 Å². The van der Waals surface area contributed by atoms with Gasteiger partial charge in [-0.3, -0.25) is 9.59 Å². The topological polar surface area (TPSA) is 98.1 Å². The summed E-state index contributed by atoms with van der Waals surface area (Å²) in [4.78, 5) is 27.5. The average Bonchev–Trinajstić information content (AvgIpc) is 3.22. The third-order valence-electron chi connectivity index (χ3n) is 8.49. The fourth-order valence-electron chi connectivity index (χ4n) is 6.28. The summed E-state index contributed by atoms with van der Waals surface area (Å²) in [6, 6.07) is 7.32. The number of anilines is 1. The van der Waals surface area contributed by atoms with Gasteiger partial charge >= 0.3 is 12.4 Å². The maximum absolute atomic E-state index is 13.6. The standard InChI is InChI=1S/C32H33F6NO5/c1-3-17(11-19-7-5-6-8-25(19)41)9-10-26(42)27-18(4-2)12-23-28(24(27)16-40)30(44)39(29(23)43)22-14-20(31(33,34)35)13-21(15-22)32(36,37)38/h5-8,11,13-15,23-24,26,28,40-42H,3-4,9-10,12,16H2,1-2H3/b17-11+/t23-,24+,26-,28-/m1/s1. The van der Waals surface area contributed by atoms with Gasteiger partial charge in [-0.05, 0) is 61.9 Å². The van der Waals surface area contributed by atoms with Crippen LogP contribution in [0.1, 0.15) is 62.6 Å². The lowest BCUT2D eigenvalue weighted by Gasteiger charge is -2.36.